The first-order valence-electron chi connectivity index (χ1n) is 38.7. The predicted molar refractivity (Wildman–Crippen MR) is 380 cm³/mol. The average molecular weight is 1340 g/mol. The van der Waals surface area contributed by atoms with Crippen LogP contribution in [0, 0.1) is 5.92 Å². The number of unbranched alkanes of at least 4 members (excludes halogenated alkanes) is 45. The summed E-state index contributed by atoms with van der Waals surface area (Å²) in [6.45, 7) is 9.23. The number of carbonyl (C=O) groups excluding carboxylic acids is 3. The van der Waals surface area contributed by atoms with E-state index in [1.807, 2.05) is 0 Å². The number of carbonyl (C=O) groups is 3. The van der Waals surface area contributed by atoms with Gasteiger partial charge in [0.1, 0.15) is 0 Å². The van der Waals surface area contributed by atoms with Gasteiger partial charge in [-0.1, -0.05) is 324 Å². The maximum absolute atomic E-state index is 16.6. The number of anilines is 1. The number of benzene rings is 1. The van der Waals surface area contributed by atoms with Crippen LogP contribution in [-0.4, -0.2) is 98.7 Å². The molecule has 3 heterocycles. The summed E-state index contributed by atoms with van der Waals surface area (Å²) in [6, 6.07) is 3.09. The maximum atomic E-state index is 16.6. The van der Waals surface area contributed by atoms with E-state index in [1.54, 1.807) is 26.0 Å². The van der Waals surface area contributed by atoms with Crippen LogP contribution < -0.4 is 25.1 Å². The number of amides is 1. The van der Waals surface area contributed by atoms with E-state index in [0.29, 0.717) is 37.1 Å². The van der Waals surface area contributed by atoms with Gasteiger partial charge in [-0.25, -0.2) is 19.0 Å². The molecule has 2 aromatic heterocycles. The quantitative estimate of drug-likeness (QED) is 0.0235. The van der Waals surface area contributed by atoms with Crippen LogP contribution in [0.5, 0.6) is 17.2 Å². The summed E-state index contributed by atoms with van der Waals surface area (Å²) in [5, 5.41) is 24.4. The number of halogens is 1. The van der Waals surface area contributed by atoms with Crippen molar-refractivity contribution in [2.45, 2.75) is 367 Å². The number of aromatic amines is 1. The van der Waals surface area contributed by atoms with Crippen molar-refractivity contribution in [3.8, 4) is 17.2 Å². The Kier molecular flexibility index (Phi) is 45.5. The summed E-state index contributed by atoms with van der Waals surface area (Å²) < 4.78 is 53.7. The minimum atomic E-state index is -3.10. The van der Waals surface area contributed by atoms with Crippen LogP contribution in [0.2, 0.25) is 0 Å². The van der Waals surface area contributed by atoms with Crippen LogP contribution in [0.25, 0.3) is 11.2 Å². The Labute approximate surface area is 572 Å². The van der Waals surface area contributed by atoms with E-state index in [-0.39, 0.29) is 22.7 Å². The van der Waals surface area contributed by atoms with Gasteiger partial charge in [-0.15, -0.1) is 0 Å². The largest absolute Gasteiger partial charge is 0.490 e. The van der Waals surface area contributed by atoms with Crippen molar-refractivity contribution >= 4 is 35.0 Å². The second-order valence-corrected chi connectivity index (χ2v) is 27.5. The first-order valence-corrected chi connectivity index (χ1v) is 38.7. The Bertz CT molecular complexity index is 2470. The second-order valence-electron chi connectivity index (χ2n) is 27.5. The summed E-state index contributed by atoms with van der Waals surface area (Å²) >= 11 is 0. The third-order valence-corrected chi connectivity index (χ3v) is 18.7. The van der Waals surface area contributed by atoms with Crippen molar-refractivity contribution in [2.24, 2.45) is 5.92 Å². The molecule has 0 aliphatic carbocycles. The van der Waals surface area contributed by atoms with Gasteiger partial charge in [-0.05, 0) is 31.4 Å². The van der Waals surface area contributed by atoms with Gasteiger partial charge in [0, 0.05) is 5.92 Å². The highest BCUT2D eigenvalue weighted by atomic mass is 19.1. The summed E-state index contributed by atoms with van der Waals surface area (Å²) in [5.74, 6) is -5.45. The molecule has 1 saturated heterocycles. The van der Waals surface area contributed by atoms with E-state index in [0.717, 1.165) is 68.7 Å². The Morgan fingerprint density at radius 3 is 1.29 bits per heavy atom. The normalized spacial score (nSPS) is 16.3. The molecular weight excluding hydrogens is 1210 g/mol. The summed E-state index contributed by atoms with van der Waals surface area (Å²) in [6.07, 6.45) is 55.0. The molecule has 0 bridgehead atoms. The van der Waals surface area contributed by atoms with Gasteiger partial charge in [0.05, 0.1) is 38.3 Å². The first kappa shape index (κ1) is 82.6. The number of hydrogen-bond donors (Lipinski definition) is 4. The van der Waals surface area contributed by atoms with E-state index in [2.05, 4.69) is 41.0 Å². The second kappa shape index (κ2) is 52.3. The number of ether oxygens (including phenoxy) is 6. The van der Waals surface area contributed by atoms with Crippen molar-refractivity contribution < 1.29 is 57.4 Å². The summed E-state index contributed by atoms with van der Waals surface area (Å²) in [7, 11) is 0. The molecule has 17 nitrogen and oxygen atoms in total. The van der Waals surface area contributed by atoms with Gasteiger partial charge >= 0.3 is 11.9 Å². The van der Waals surface area contributed by atoms with Crippen molar-refractivity contribution in [3.05, 3.63) is 34.4 Å². The maximum Gasteiger partial charge on any atom is 0.347 e. The molecule has 544 valence electrons. The number of aliphatic hydroxyl groups is 2. The molecule has 4 rings (SSSR count). The highest BCUT2D eigenvalue weighted by Gasteiger charge is 2.61. The number of aromatic nitrogens is 4. The van der Waals surface area contributed by atoms with Gasteiger partial charge in [-0.2, -0.15) is 4.98 Å². The zero-order valence-corrected chi connectivity index (χ0v) is 60.2. The number of imidazole rings is 1. The van der Waals surface area contributed by atoms with Crippen LogP contribution in [-0.2, 0) is 23.8 Å². The zero-order chi connectivity index (χ0) is 68.4. The number of aliphatic hydroxyl groups excluding tert-OH is 1. The van der Waals surface area contributed by atoms with Crippen molar-refractivity contribution in [2.75, 3.05) is 38.4 Å². The van der Waals surface area contributed by atoms with Gasteiger partial charge in [0.15, 0.2) is 41.6 Å². The Morgan fingerprint density at radius 2 is 0.937 bits per heavy atom. The lowest BCUT2D eigenvalue weighted by Crippen LogP contribution is -2.51. The first-order chi connectivity index (χ1) is 46.4. The number of rotatable bonds is 62. The fraction of sp³-hybridized carbons (Fsp3) is 0.818. The summed E-state index contributed by atoms with van der Waals surface area (Å²) in [4.78, 5) is 63.7. The SMILES string of the molecule is CCCCCCCCCCCCCCCCCCOc1cc(C(=O)OCC(=O)O[C@@]2(O)[C@@H](CO)O[C@@H](n3cnc4c(=O)[nH]c(NC(=O)C(C)C)nc43)[C@@H]2F)cc(OCCCCCCCCCCCCCCCCCC)c1OCCCCCCCCCCCCCCCCCC. The monoisotopic (exact) mass is 1340 g/mol. The van der Waals surface area contributed by atoms with Crippen molar-refractivity contribution in [1.82, 2.24) is 19.5 Å². The molecule has 1 aliphatic rings. The molecular formula is C77H132FN5O12. The number of H-pyrrole nitrogens is 1. The molecule has 4 N–H and O–H groups in total. The van der Waals surface area contributed by atoms with Crippen LogP contribution in [0.4, 0.5) is 10.3 Å². The van der Waals surface area contributed by atoms with Gasteiger partial charge < -0.3 is 38.6 Å². The molecule has 0 radical (unpaired) electrons. The van der Waals surface area contributed by atoms with Gasteiger partial charge in [0.2, 0.25) is 23.8 Å². The lowest BCUT2D eigenvalue weighted by molar-refractivity contribution is -0.247. The topological polar surface area (TPSA) is 223 Å². The molecule has 1 fully saturated rings. The number of alkyl halides is 1. The molecule has 0 spiro atoms. The number of fused-ring (bicyclic) bond motifs is 1. The number of nitrogens with zero attached hydrogens (tertiary/aromatic N) is 3. The fourth-order valence-electron chi connectivity index (χ4n) is 12.6. The molecule has 18 heteroatoms. The van der Waals surface area contributed by atoms with E-state index < -0.39 is 66.8 Å². The zero-order valence-electron chi connectivity index (χ0n) is 60.2. The number of nitrogens with one attached hydrogen (secondary N) is 2. The lowest BCUT2D eigenvalue weighted by Gasteiger charge is -2.28. The molecule has 1 aromatic carbocycles. The Morgan fingerprint density at radius 1 is 0.579 bits per heavy atom. The standard InChI is InChI=1S/C77H132FN5O12/c1-6-9-12-15-18-21-24-27-30-33-36-39-42-45-48-51-54-90-64-57-63(75(88)93-60-67(85)95-77(89)66(59-84)94-74(70(77)78)83-61-79-68-71(83)80-76(82-73(68)87)81-72(86)62(4)5)58-65(91-55-52-49-46-43-40-37-34-31-28-25-22-19-16-13-10-7-2)69(64)92-56-53-50-47-44-41-38-35-32-29-26-23-20-17-14-11-8-3/h57-58,61-62,66,70,74,84,89H,6-56,59-60H2,1-5H3,(H2,80,81,82,86,87)/t66-,70+,74-,77+/m1/s1. The predicted octanol–water partition coefficient (Wildman–Crippen LogP) is 20.0. The highest BCUT2D eigenvalue weighted by Crippen LogP contribution is 2.42. The van der Waals surface area contributed by atoms with E-state index >= 15 is 4.39 Å². The third kappa shape index (κ3) is 34.0. The molecule has 0 unspecified atom stereocenters. The van der Waals surface area contributed by atoms with Gasteiger partial charge in [0.25, 0.3) is 11.3 Å². The third-order valence-electron chi connectivity index (χ3n) is 18.7. The van der Waals surface area contributed by atoms with E-state index in [9.17, 15) is 29.4 Å². The minimum Gasteiger partial charge on any atom is -0.490 e. The Balaban J connectivity index is 1.40. The van der Waals surface area contributed by atoms with E-state index in [4.69, 9.17) is 28.4 Å². The smallest absolute Gasteiger partial charge is 0.347 e. The number of esters is 2. The molecule has 95 heavy (non-hydrogen) atoms. The average Bonchev–Trinajstić information content (AvgIpc) is 1.60. The summed E-state index contributed by atoms with van der Waals surface area (Å²) in [5.41, 5.74) is -1.19. The van der Waals surface area contributed by atoms with Gasteiger partial charge in [-0.3, -0.25) is 24.5 Å². The molecule has 1 aliphatic heterocycles. The molecule has 1 amide bonds. The van der Waals surface area contributed by atoms with Crippen LogP contribution in [0.15, 0.2) is 23.3 Å². The van der Waals surface area contributed by atoms with E-state index in [1.165, 1.54) is 250 Å². The van der Waals surface area contributed by atoms with Crippen LogP contribution >= 0.6 is 0 Å². The molecule has 3 aromatic rings. The molecule has 4 atom stereocenters. The van der Waals surface area contributed by atoms with Crippen LogP contribution in [0.3, 0.4) is 0 Å². The molecule has 0 saturated carbocycles. The highest BCUT2D eigenvalue weighted by molar-refractivity contribution is 5.92. The van der Waals surface area contributed by atoms with Crippen molar-refractivity contribution in [1.29, 1.82) is 0 Å². The minimum absolute atomic E-state index is 0.0227. The Hall–Kier alpha value is -4.81. The number of hydrogen-bond acceptors (Lipinski definition) is 14. The lowest BCUT2D eigenvalue weighted by atomic mass is 10.0. The van der Waals surface area contributed by atoms with Crippen LogP contribution in [0.1, 0.15) is 359 Å². The fourth-order valence-corrected chi connectivity index (χ4v) is 12.6. The van der Waals surface area contributed by atoms with Crippen molar-refractivity contribution in [3.63, 3.8) is 0 Å².